The van der Waals surface area contributed by atoms with E-state index in [-0.39, 0.29) is 21.5 Å². The Bertz CT molecular complexity index is 901. The molecule has 0 fully saturated rings. The molecule has 0 unspecified atom stereocenters. The normalized spacial score (nSPS) is 11.9. The molecule has 0 radical (unpaired) electrons. The van der Waals surface area contributed by atoms with Gasteiger partial charge in [0.05, 0.1) is 15.7 Å². The van der Waals surface area contributed by atoms with E-state index in [1.807, 2.05) is 35.0 Å². The average Bonchev–Trinajstić information content (AvgIpc) is 2.89. The van der Waals surface area contributed by atoms with Crippen molar-refractivity contribution < 1.29 is 8.42 Å². The summed E-state index contributed by atoms with van der Waals surface area (Å²) in [5.41, 5.74) is 1.61. The Hall–Kier alpha value is -1.60. The number of benzene rings is 1. The lowest BCUT2D eigenvalue weighted by Crippen LogP contribution is -2.26. The molecule has 23 heavy (non-hydrogen) atoms. The van der Waals surface area contributed by atoms with Crippen molar-refractivity contribution >= 4 is 38.9 Å². The van der Waals surface area contributed by atoms with Crippen LogP contribution in [0.15, 0.2) is 53.7 Å². The van der Waals surface area contributed by atoms with Gasteiger partial charge in [0, 0.05) is 25.4 Å². The quantitative estimate of drug-likeness (QED) is 0.751. The first kappa shape index (κ1) is 16.3. The summed E-state index contributed by atoms with van der Waals surface area (Å²) in [6.45, 7) is 0.202. The van der Waals surface area contributed by atoms with E-state index in [2.05, 4.69) is 9.71 Å². The van der Waals surface area contributed by atoms with E-state index in [4.69, 9.17) is 23.2 Å². The van der Waals surface area contributed by atoms with Crippen LogP contribution in [0.2, 0.25) is 10.0 Å². The molecule has 1 aromatic carbocycles. The highest BCUT2D eigenvalue weighted by Gasteiger charge is 2.21. The second-order valence-corrected chi connectivity index (χ2v) is 7.42. The fourth-order valence-electron chi connectivity index (χ4n) is 2.23. The predicted octanol–water partition coefficient (Wildman–Crippen LogP) is 3.16. The van der Waals surface area contributed by atoms with Crippen molar-refractivity contribution in [3.8, 4) is 0 Å². The molecule has 0 spiro atoms. The number of nitrogens with one attached hydrogen (secondary N) is 1. The van der Waals surface area contributed by atoms with Gasteiger partial charge in [-0.2, -0.15) is 0 Å². The van der Waals surface area contributed by atoms with Crippen molar-refractivity contribution in [2.45, 2.75) is 11.3 Å². The number of imidazole rings is 1. The molecule has 2 aromatic heterocycles. The molecule has 3 aromatic rings. The minimum atomic E-state index is -3.77. The van der Waals surface area contributed by atoms with Gasteiger partial charge in [-0.15, -0.1) is 0 Å². The summed E-state index contributed by atoms with van der Waals surface area (Å²) in [5, 5.41) is 0.190. The van der Waals surface area contributed by atoms with Gasteiger partial charge < -0.3 is 4.40 Å². The Morgan fingerprint density at radius 2 is 1.83 bits per heavy atom. The van der Waals surface area contributed by atoms with Gasteiger partial charge in [-0.05, 0) is 24.3 Å². The van der Waals surface area contributed by atoms with Crippen molar-refractivity contribution in [1.29, 1.82) is 0 Å². The first-order chi connectivity index (χ1) is 11.0. The van der Waals surface area contributed by atoms with Crippen LogP contribution in [0.4, 0.5) is 0 Å². The molecule has 0 bridgehead atoms. The van der Waals surface area contributed by atoms with Crippen molar-refractivity contribution in [1.82, 2.24) is 14.1 Å². The monoisotopic (exact) mass is 369 g/mol. The number of aromatic nitrogens is 2. The summed E-state index contributed by atoms with van der Waals surface area (Å²) in [7, 11) is -3.77. The topological polar surface area (TPSA) is 63.5 Å². The number of hydrogen-bond acceptors (Lipinski definition) is 3. The Morgan fingerprint density at radius 3 is 2.52 bits per heavy atom. The zero-order chi connectivity index (χ0) is 16.4. The lowest BCUT2D eigenvalue weighted by atomic mass is 10.3. The van der Waals surface area contributed by atoms with Gasteiger partial charge in [0.25, 0.3) is 0 Å². The Kier molecular flexibility index (Phi) is 4.59. The average molecular weight is 370 g/mol. The van der Waals surface area contributed by atoms with Crippen LogP contribution in [0.1, 0.15) is 5.69 Å². The van der Waals surface area contributed by atoms with Crippen LogP contribution >= 0.6 is 23.2 Å². The summed E-state index contributed by atoms with van der Waals surface area (Å²) < 4.78 is 29.0. The van der Waals surface area contributed by atoms with Gasteiger partial charge in [0.1, 0.15) is 10.5 Å². The van der Waals surface area contributed by atoms with Crippen molar-refractivity contribution in [3.05, 3.63) is 64.5 Å². The molecule has 0 saturated carbocycles. The van der Waals surface area contributed by atoms with E-state index in [1.165, 1.54) is 12.1 Å². The first-order valence-electron chi connectivity index (χ1n) is 6.84. The lowest BCUT2D eigenvalue weighted by molar-refractivity contribution is 0.581. The van der Waals surface area contributed by atoms with Crippen molar-refractivity contribution in [3.63, 3.8) is 0 Å². The van der Waals surface area contributed by atoms with Crippen LogP contribution in [-0.2, 0) is 16.4 Å². The number of sulfonamides is 1. The molecule has 0 amide bonds. The largest absolute Gasteiger partial charge is 0.307 e. The zero-order valence-corrected chi connectivity index (χ0v) is 14.2. The predicted molar refractivity (Wildman–Crippen MR) is 90.5 cm³/mol. The minimum absolute atomic E-state index is 0.0951. The van der Waals surface area contributed by atoms with E-state index >= 15 is 0 Å². The first-order valence-corrected chi connectivity index (χ1v) is 9.07. The van der Waals surface area contributed by atoms with E-state index in [0.29, 0.717) is 6.42 Å². The van der Waals surface area contributed by atoms with Crippen molar-refractivity contribution in [2.75, 3.05) is 6.54 Å². The second-order valence-electron chi connectivity index (χ2n) is 4.90. The molecule has 0 aliphatic rings. The van der Waals surface area contributed by atoms with Gasteiger partial charge in [-0.3, -0.25) is 0 Å². The summed E-state index contributed by atoms with van der Waals surface area (Å²) >= 11 is 11.9. The summed E-state index contributed by atoms with van der Waals surface area (Å²) in [6, 6.07) is 10.3. The molecule has 120 valence electrons. The Labute approximate surface area is 143 Å². The van der Waals surface area contributed by atoms with Crippen LogP contribution in [0.25, 0.3) is 5.65 Å². The second kappa shape index (κ2) is 6.49. The highest BCUT2D eigenvalue weighted by Crippen LogP contribution is 2.28. The number of nitrogens with zero attached hydrogens (tertiary/aromatic N) is 2. The third-order valence-electron chi connectivity index (χ3n) is 3.27. The maximum Gasteiger partial charge on any atom is 0.243 e. The number of hydrogen-bond donors (Lipinski definition) is 1. The van der Waals surface area contributed by atoms with E-state index in [9.17, 15) is 8.42 Å². The van der Waals surface area contributed by atoms with Crippen LogP contribution in [0.5, 0.6) is 0 Å². The van der Waals surface area contributed by atoms with E-state index in [0.717, 1.165) is 11.3 Å². The summed E-state index contributed by atoms with van der Waals surface area (Å²) in [4.78, 5) is 4.32. The number of rotatable bonds is 5. The van der Waals surface area contributed by atoms with Gasteiger partial charge in [0.15, 0.2) is 0 Å². The molecular formula is C15H13Cl2N3O2S. The van der Waals surface area contributed by atoms with Crippen molar-refractivity contribution in [2.24, 2.45) is 0 Å². The maximum absolute atomic E-state index is 12.3. The molecule has 0 saturated heterocycles. The molecule has 0 atom stereocenters. The number of halogens is 2. The molecule has 1 N–H and O–H groups in total. The summed E-state index contributed by atoms with van der Waals surface area (Å²) in [6.07, 6.45) is 4.22. The molecule has 5 nitrogen and oxygen atoms in total. The van der Waals surface area contributed by atoms with Gasteiger partial charge >= 0.3 is 0 Å². The molecule has 0 aliphatic heterocycles. The third kappa shape index (κ3) is 3.50. The van der Waals surface area contributed by atoms with Gasteiger partial charge in [-0.25, -0.2) is 18.1 Å². The van der Waals surface area contributed by atoms with Gasteiger partial charge in [0.2, 0.25) is 10.0 Å². The zero-order valence-electron chi connectivity index (χ0n) is 11.9. The highest BCUT2D eigenvalue weighted by atomic mass is 35.5. The Balaban J connectivity index is 1.72. The fraction of sp³-hybridized carbons (Fsp3) is 0.133. The number of pyridine rings is 1. The van der Waals surface area contributed by atoms with Crippen LogP contribution in [0.3, 0.4) is 0 Å². The summed E-state index contributed by atoms with van der Waals surface area (Å²) in [5.74, 6) is 0. The van der Waals surface area contributed by atoms with Gasteiger partial charge in [-0.1, -0.05) is 35.3 Å². The third-order valence-corrected chi connectivity index (χ3v) is 5.69. The van der Waals surface area contributed by atoms with Crippen LogP contribution in [-0.4, -0.2) is 24.3 Å². The molecule has 8 heteroatoms. The fourth-order valence-corrected chi connectivity index (χ4v) is 4.40. The standard InChI is InChI=1S/C15H13Cl2N3O2S/c16-12-4-3-5-13(17)15(12)23(21,22)18-8-7-11-10-20-9-2-1-6-14(20)19-11/h1-6,9-10,18H,7-8H2. The molecular weight excluding hydrogens is 357 g/mol. The molecule has 0 aliphatic carbocycles. The highest BCUT2D eigenvalue weighted by molar-refractivity contribution is 7.89. The molecule has 2 heterocycles. The van der Waals surface area contributed by atoms with Crippen LogP contribution in [0, 0.1) is 0 Å². The SMILES string of the molecule is O=S(=O)(NCCc1cn2ccccc2n1)c1c(Cl)cccc1Cl. The molecule has 3 rings (SSSR count). The Morgan fingerprint density at radius 1 is 1.09 bits per heavy atom. The minimum Gasteiger partial charge on any atom is -0.307 e. The lowest BCUT2D eigenvalue weighted by Gasteiger charge is -2.09. The maximum atomic E-state index is 12.3. The van der Waals surface area contributed by atoms with E-state index in [1.54, 1.807) is 6.07 Å². The van der Waals surface area contributed by atoms with Crippen LogP contribution < -0.4 is 4.72 Å². The van der Waals surface area contributed by atoms with E-state index < -0.39 is 10.0 Å². The number of fused-ring (bicyclic) bond motifs is 1. The smallest absolute Gasteiger partial charge is 0.243 e.